The standard InChI is InChI=1S/C19H23NO3/c1-14-5-3-6-15(13-14)8-11-19(22)10-4-7-17-16(19)9-12-20(17)18(21)23-2/h3,5-6,13,16-17,22H,4,7,9-10,12H2,1-2H3/t16?,17?,19-/m1/s1. The number of nitrogens with zero attached hydrogens (tertiary/aromatic N) is 1. The van der Waals surface area contributed by atoms with Crippen molar-refractivity contribution in [1.29, 1.82) is 0 Å². The molecule has 1 heterocycles. The Labute approximate surface area is 137 Å². The molecule has 4 nitrogen and oxygen atoms in total. The van der Waals surface area contributed by atoms with Gasteiger partial charge in [0.2, 0.25) is 0 Å². The lowest BCUT2D eigenvalue weighted by Crippen LogP contribution is -2.49. The molecule has 1 saturated carbocycles. The maximum absolute atomic E-state index is 11.9. The quantitative estimate of drug-likeness (QED) is 0.749. The van der Waals surface area contributed by atoms with Crippen LogP contribution in [0.2, 0.25) is 0 Å². The van der Waals surface area contributed by atoms with Crippen molar-refractivity contribution in [2.24, 2.45) is 5.92 Å². The highest BCUT2D eigenvalue weighted by molar-refractivity contribution is 5.68. The van der Waals surface area contributed by atoms with Crippen LogP contribution < -0.4 is 0 Å². The third-order valence-electron chi connectivity index (χ3n) is 5.07. The molecule has 1 aromatic rings. The van der Waals surface area contributed by atoms with Crippen LogP contribution in [0.3, 0.4) is 0 Å². The van der Waals surface area contributed by atoms with Crippen LogP contribution in [0.15, 0.2) is 24.3 Å². The second-order valence-electron chi connectivity index (χ2n) is 6.56. The molecule has 0 spiro atoms. The average Bonchev–Trinajstić information content (AvgIpc) is 2.98. The summed E-state index contributed by atoms with van der Waals surface area (Å²) in [5.74, 6) is 6.26. The zero-order valence-electron chi connectivity index (χ0n) is 13.7. The molecule has 2 unspecified atom stereocenters. The molecule has 1 amide bonds. The number of likely N-dealkylation sites (tertiary alicyclic amines) is 1. The largest absolute Gasteiger partial charge is 0.453 e. The molecular weight excluding hydrogens is 290 g/mol. The average molecular weight is 313 g/mol. The van der Waals surface area contributed by atoms with Gasteiger partial charge in [0.05, 0.1) is 7.11 Å². The molecule has 1 aliphatic heterocycles. The van der Waals surface area contributed by atoms with Gasteiger partial charge in [0.15, 0.2) is 0 Å². The number of aryl methyl sites for hydroxylation is 1. The van der Waals surface area contributed by atoms with E-state index in [0.717, 1.165) is 30.4 Å². The van der Waals surface area contributed by atoms with E-state index in [1.165, 1.54) is 7.11 Å². The van der Waals surface area contributed by atoms with E-state index < -0.39 is 5.60 Å². The summed E-state index contributed by atoms with van der Waals surface area (Å²) in [6.45, 7) is 2.66. The van der Waals surface area contributed by atoms with Gasteiger partial charge in [-0.25, -0.2) is 4.79 Å². The van der Waals surface area contributed by atoms with Crippen LogP contribution in [-0.2, 0) is 4.74 Å². The van der Waals surface area contributed by atoms with Crippen LogP contribution in [0.5, 0.6) is 0 Å². The van der Waals surface area contributed by atoms with Crippen molar-refractivity contribution in [3.05, 3.63) is 35.4 Å². The number of carbonyl (C=O) groups excluding carboxylic acids is 1. The number of hydrogen-bond acceptors (Lipinski definition) is 3. The number of hydrogen-bond donors (Lipinski definition) is 1. The topological polar surface area (TPSA) is 49.8 Å². The molecule has 1 saturated heterocycles. The van der Waals surface area contributed by atoms with Gasteiger partial charge in [-0.2, -0.15) is 0 Å². The smallest absolute Gasteiger partial charge is 0.409 e. The third-order valence-corrected chi connectivity index (χ3v) is 5.07. The van der Waals surface area contributed by atoms with Gasteiger partial charge < -0.3 is 14.7 Å². The molecule has 3 rings (SSSR count). The maximum Gasteiger partial charge on any atom is 0.409 e. The van der Waals surface area contributed by atoms with E-state index in [2.05, 4.69) is 11.8 Å². The van der Waals surface area contributed by atoms with Gasteiger partial charge in [-0.05, 0) is 50.3 Å². The SMILES string of the molecule is COC(=O)N1CCC2C1CCC[C@@]2(O)C#Cc1cccc(C)c1. The van der Waals surface area contributed by atoms with Crippen molar-refractivity contribution in [2.75, 3.05) is 13.7 Å². The Morgan fingerprint density at radius 2 is 2.26 bits per heavy atom. The fourth-order valence-electron chi connectivity index (χ4n) is 3.94. The first-order valence-electron chi connectivity index (χ1n) is 8.20. The molecule has 2 aliphatic rings. The summed E-state index contributed by atoms with van der Waals surface area (Å²) in [6, 6.07) is 8.02. The van der Waals surface area contributed by atoms with E-state index in [1.54, 1.807) is 4.90 Å². The summed E-state index contributed by atoms with van der Waals surface area (Å²) in [5.41, 5.74) is 1.06. The summed E-state index contributed by atoms with van der Waals surface area (Å²) in [6.07, 6.45) is 2.93. The molecule has 3 atom stereocenters. The molecule has 1 aliphatic carbocycles. The summed E-state index contributed by atoms with van der Waals surface area (Å²) in [7, 11) is 1.40. The molecule has 0 aromatic heterocycles. The van der Waals surface area contributed by atoms with Crippen molar-refractivity contribution in [3.63, 3.8) is 0 Å². The summed E-state index contributed by atoms with van der Waals surface area (Å²) >= 11 is 0. The minimum Gasteiger partial charge on any atom is -0.453 e. The molecule has 2 fully saturated rings. The Balaban J connectivity index is 1.83. The molecular formula is C19H23NO3. The highest BCUT2D eigenvalue weighted by Gasteiger charge is 2.50. The first-order chi connectivity index (χ1) is 11.0. The Morgan fingerprint density at radius 3 is 3.00 bits per heavy atom. The number of ether oxygens (including phenoxy) is 1. The highest BCUT2D eigenvalue weighted by atomic mass is 16.5. The number of fused-ring (bicyclic) bond motifs is 1. The molecule has 1 N–H and O–H groups in total. The number of carbonyl (C=O) groups is 1. The molecule has 1 aromatic carbocycles. The first-order valence-corrected chi connectivity index (χ1v) is 8.20. The zero-order chi connectivity index (χ0) is 16.4. The second kappa shape index (κ2) is 6.25. The van der Waals surface area contributed by atoms with Gasteiger partial charge in [0.1, 0.15) is 5.60 Å². The monoisotopic (exact) mass is 313 g/mol. The van der Waals surface area contributed by atoms with E-state index in [1.807, 2.05) is 31.2 Å². The Hall–Kier alpha value is -1.99. The van der Waals surface area contributed by atoms with Gasteiger partial charge in [-0.15, -0.1) is 0 Å². The predicted molar refractivity (Wildman–Crippen MR) is 87.9 cm³/mol. The lowest BCUT2D eigenvalue weighted by molar-refractivity contribution is -0.0136. The van der Waals surface area contributed by atoms with Gasteiger partial charge in [-0.3, -0.25) is 0 Å². The molecule has 4 heteroatoms. The molecule has 0 radical (unpaired) electrons. The van der Waals surface area contributed by atoms with Crippen molar-refractivity contribution >= 4 is 6.09 Å². The second-order valence-corrected chi connectivity index (χ2v) is 6.56. The molecule has 0 bridgehead atoms. The van der Waals surface area contributed by atoms with Gasteiger partial charge in [0.25, 0.3) is 0 Å². The van der Waals surface area contributed by atoms with E-state index in [-0.39, 0.29) is 18.1 Å². The maximum atomic E-state index is 11.9. The van der Waals surface area contributed by atoms with E-state index >= 15 is 0 Å². The van der Waals surface area contributed by atoms with Crippen molar-refractivity contribution in [1.82, 2.24) is 4.90 Å². The lowest BCUT2D eigenvalue weighted by Gasteiger charge is -2.39. The van der Waals surface area contributed by atoms with Gasteiger partial charge >= 0.3 is 6.09 Å². The van der Waals surface area contributed by atoms with Gasteiger partial charge in [-0.1, -0.05) is 24.0 Å². The Morgan fingerprint density at radius 1 is 1.43 bits per heavy atom. The van der Waals surface area contributed by atoms with E-state index in [4.69, 9.17) is 4.74 Å². The first kappa shape index (κ1) is 15.9. The van der Waals surface area contributed by atoms with Crippen LogP contribution in [0.4, 0.5) is 4.79 Å². The van der Waals surface area contributed by atoms with Gasteiger partial charge in [0, 0.05) is 24.1 Å². The highest BCUT2D eigenvalue weighted by Crippen LogP contribution is 2.42. The molecule has 122 valence electrons. The van der Waals surface area contributed by atoms with E-state index in [0.29, 0.717) is 13.0 Å². The summed E-state index contributed by atoms with van der Waals surface area (Å²) in [5, 5.41) is 11.1. The normalized spacial score (nSPS) is 29.4. The van der Waals surface area contributed by atoms with Crippen LogP contribution in [-0.4, -0.2) is 41.4 Å². The lowest BCUT2D eigenvalue weighted by atomic mass is 9.73. The fraction of sp³-hybridized carbons (Fsp3) is 0.526. The fourth-order valence-corrected chi connectivity index (χ4v) is 3.94. The van der Waals surface area contributed by atoms with Crippen LogP contribution in [0, 0.1) is 24.7 Å². The third kappa shape index (κ3) is 3.07. The van der Waals surface area contributed by atoms with Crippen molar-refractivity contribution in [3.8, 4) is 11.8 Å². The van der Waals surface area contributed by atoms with Crippen LogP contribution >= 0.6 is 0 Å². The van der Waals surface area contributed by atoms with Crippen molar-refractivity contribution in [2.45, 2.75) is 44.2 Å². The Bertz CT molecular complexity index is 660. The number of aliphatic hydroxyl groups is 1. The number of rotatable bonds is 0. The summed E-state index contributed by atoms with van der Waals surface area (Å²) in [4.78, 5) is 13.6. The van der Waals surface area contributed by atoms with E-state index in [9.17, 15) is 9.90 Å². The molecule has 23 heavy (non-hydrogen) atoms. The predicted octanol–water partition coefficient (Wildman–Crippen LogP) is 2.72. The minimum absolute atomic E-state index is 0.00709. The zero-order valence-corrected chi connectivity index (χ0v) is 13.7. The number of benzene rings is 1. The number of methoxy groups -OCH3 is 1. The van der Waals surface area contributed by atoms with Crippen LogP contribution in [0.25, 0.3) is 0 Å². The summed E-state index contributed by atoms with van der Waals surface area (Å²) < 4.78 is 4.86. The van der Waals surface area contributed by atoms with Crippen molar-refractivity contribution < 1.29 is 14.6 Å². The Kier molecular flexibility index (Phi) is 4.32. The number of amides is 1. The minimum atomic E-state index is -1.02. The van der Waals surface area contributed by atoms with Crippen LogP contribution in [0.1, 0.15) is 36.8 Å².